The van der Waals surface area contributed by atoms with E-state index in [1.807, 2.05) is 18.4 Å². The molecule has 0 aliphatic heterocycles. The average molecular weight is 198 g/mol. The van der Waals surface area contributed by atoms with Gasteiger partial charge in [0.05, 0.1) is 0 Å². The Morgan fingerprint density at radius 1 is 1.42 bits per heavy atom. The molecule has 0 saturated heterocycles. The maximum Gasteiger partial charge on any atom is 0.209 e. The van der Waals surface area contributed by atoms with Gasteiger partial charge < -0.3 is 0 Å². The molecule has 0 unspecified atom stereocenters. The van der Waals surface area contributed by atoms with Crippen LogP contribution in [-0.2, 0) is 0 Å². The van der Waals surface area contributed by atoms with Crippen molar-refractivity contribution >= 4 is 30.0 Å². The summed E-state index contributed by atoms with van der Waals surface area (Å²) in [5.41, 5.74) is 0.720. The van der Waals surface area contributed by atoms with Gasteiger partial charge >= 0.3 is 0 Å². The highest BCUT2D eigenvalue weighted by Gasteiger charge is 2.02. The molecule has 2 heterocycles. The van der Waals surface area contributed by atoms with Crippen LogP contribution in [0.4, 0.5) is 0 Å². The largest absolute Gasteiger partial charge is 0.209 e. The zero-order valence-electron chi connectivity index (χ0n) is 6.30. The van der Waals surface area contributed by atoms with Gasteiger partial charge in [-0.05, 0) is 18.4 Å². The van der Waals surface area contributed by atoms with Crippen LogP contribution in [0.5, 0.6) is 0 Å². The summed E-state index contributed by atoms with van der Waals surface area (Å²) in [5, 5.41) is 13.3. The van der Waals surface area contributed by atoms with Crippen molar-refractivity contribution in [1.29, 1.82) is 0 Å². The van der Waals surface area contributed by atoms with Gasteiger partial charge in [-0.15, -0.1) is 34.6 Å². The second-order valence-corrected chi connectivity index (χ2v) is 3.37. The number of rotatable bonds is 1. The summed E-state index contributed by atoms with van der Waals surface area (Å²) in [5.74, 6) is 0. The molecule has 4 nitrogen and oxygen atoms in total. The van der Waals surface area contributed by atoms with Crippen LogP contribution in [0.1, 0.15) is 0 Å². The Hall–Kier alpha value is -0.750. The van der Waals surface area contributed by atoms with Crippen LogP contribution < -0.4 is 0 Å². The third-order valence-electron chi connectivity index (χ3n) is 1.43. The van der Waals surface area contributed by atoms with E-state index in [2.05, 4.69) is 27.9 Å². The van der Waals surface area contributed by atoms with Crippen LogP contribution in [0.2, 0.25) is 0 Å². The molecule has 62 valence electrons. The summed E-state index contributed by atoms with van der Waals surface area (Å²) in [4.78, 5) is 0. The van der Waals surface area contributed by atoms with Crippen molar-refractivity contribution < 1.29 is 0 Å². The fourth-order valence-electron chi connectivity index (χ4n) is 0.870. The Balaban J connectivity index is 2.71. The van der Waals surface area contributed by atoms with Gasteiger partial charge in [-0.3, -0.25) is 0 Å². The predicted molar refractivity (Wildman–Crippen MR) is 49.8 cm³/mol. The molecule has 0 fully saturated rings. The zero-order valence-corrected chi connectivity index (χ0v) is 8.01. The molecule has 0 atom stereocenters. The highest BCUT2D eigenvalue weighted by Crippen LogP contribution is 2.12. The molecule has 0 aliphatic rings. The summed E-state index contributed by atoms with van der Waals surface area (Å²) < 4.78 is 1.61. The van der Waals surface area contributed by atoms with Crippen molar-refractivity contribution in [3.05, 3.63) is 12.1 Å². The van der Waals surface area contributed by atoms with Gasteiger partial charge in [0.25, 0.3) is 0 Å². The maximum atomic E-state index is 4.23. The number of nitrogens with zero attached hydrogens (tertiary/aromatic N) is 4. The molecule has 0 N–H and O–H groups in total. The number of hydrogen-bond donors (Lipinski definition) is 1. The second-order valence-electron chi connectivity index (χ2n) is 2.15. The molecule has 6 heteroatoms. The molecule has 0 amide bonds. The van der Waals surface area contributed by atoms with E-state index in [0.717, 1.165) is 10.7 Å². The lowest BCUT2D eigenvalue weighted by Crippen LogP contribution is -1.92. The number of hydrogen-bond acceptors (Lipinski definition) is 5. The van der Waals surface area contributed by atoms with E-state index in [1.54, 1.807) is 16.3 Å². The van der Waals surface area contributed by atoms with Gasteiger partial charge in [-0.25, -0.2) is 0 Å². The Kier molecular flexibility index (Phi) is 1.93. The lowest BCUT2D eigenvalue weighted by atomic mass is 10.6. The van der Waals surface area contributed by atoms with Crippen molar-refractivity contribution in [2.45, 2.75) is 10.2 Å². The summed E-state index contributed by atoms with van der Waals surface area (Å²) in [6.07, 6.45) is 1.97. The Morgan fingerprint density at radius 2 is 2.25 bits per heavy atom. The van der Waals surface area contributed by atoms with Crippen molar-refractivity contribution in [3.8, 4) is 0 Å². The summed E-state index contributed by atoms with van der Waals surface area (Å²) in [6.45, 7) is 0. The van der Waals surface area contributed by atoms with Crippen molar-refractivity contribution in [2.24, 2.45) is 0 Å². The number of fused-ring (bicyclic) bond motifs is 1. The topological polar surface area (TPSA) is 43.1 Å². The third kappa shape index (κ3) is 1.16. The Bertz CT molecular complexity index is 411. The van der Waals surface area contributed by atoms with Crippen LogP contribution in [0.15, 0.2) is 22.3 Å². The highest BCUT2D eigenvalue weighted by atomic mass is 32.2. The molecular weight excluding hydrogens is 192 g/mol. The minimum atomic E-state index is 0.515. The first-order chi connectivity index (χ1) is 5.81. The second kappa shape index (κ2) is 2.95. The van der Waals surface area contributed by atoms with Gasteiger partial charge in [-0.1, -0.05) is 0 Å². The molecule has 0 bridgehead atoms. The summed E-state index contributed by atoms with van der Waals surface area (Å²) >= 11 is 5.68. The fraction of sp³-hybridized carbons (Fsp3) is 0.167. The zero-order chi connectivity index (χ0) is 8.55. The molecule has 2 aromatic heterocycles. The molecule has 0 radical (unpaired) electrons. The molecule has 0 spiro atoms. The Labute approximate surface area is 78.8 Å². The smallest absolute Gasteiger partial charge is 0.187 e. The highest BCUT2D eigenvalue weighted by molar-refractivity contribution is 7.98. The first kappa shape index (κ1) is 7.88. The van der Waals surface area contributed by atoms with Crippen LogP contribution in [-0.4, -0.2) is 26.1 Å². The summed E-state index contributed by atoms with van der Waals surface area (Å²) in [7, 11) is 0. The quantitative estimate of drug-likeness (QED) is 0.551. The van der Waals surface area contributed by atoms with Gasteiger partial charge in [0.1, 0.15) is 5.03 Å². The predicted octanol–water partition coefficient (Wildman–Crippen LogP) is 1.13. The van der Waals surface area contributed by atoms with Gasteiger partial charge in [0.2, 0.25) is 5.16 Å². The number of aromatic nitrogens is 4. The van der Waals surface area contributed by atoms with Crippen LogP contribution in [0.3, 0.4) is 0 Å². The normalized spacial score (nSPS) is 10.8. The lowest BCUT2D eigenvalue weighted by molar-refractivity contribution is 0.769. The van der Waals surface area contributed by atoms with E-state index < -0.39 is 0 Å². The minimum Gasteiger partial charge on any atom is -0.187 e. The van der Waals surface area contributed by atoms with E-state index in [-0.39, 0.29) is 0 Å². The summed E-state index contributed by atoms with van der Waals surface area (Å²) in [6, 6.07) is 3.77. The number of thioether (sulfide) groups is 1. The average Bonchev–Trinajstić information content (AvgIpc) is 2.47. The van der Waals surface area contributed by atoms with Gasteiger partial charge in [0.15, 0.2) is 5.65 Å². The number of thiol groups is 1. The van der Waals surface area contributed by atoms with Crippen molar-refractivity contribution in [3.63, 3.8) is 0 Å². The van der Waals surface area contributed by atoms with E-state index in [0.29, 0.717) is 5.16 Å². The van der Waals surface area contributed by atoms with E-state index >= 15 is 0 Å². The molecule has 12 heavy (non-hydrogen) atoms. The van der Waals surface area contributed by atoms with Gasteiger partial charge in [-0.2, -0.15) is 9.61 Å². The molecule has 0 aromatic carbocycles. The molecule has 2 aromatic rings. The minimum absolute atomic E-state index is 0.515. The van der Waals surface area contributed by atoms with E-state index in [9.17, 15) is 0 Å². The monoisotopic (exact) mass is 198 g/mol. The SMILES string of the molecule is CSc1ccc2nnc(S)n2n1. The standard InChI is InChI=1S/C6H6N4S2/c1-12-5-3-2-4-7-8-6(11)10(4)9-5/h2-3H,1H3,(H,8,11). The molecular formula is C6H6N4S2. The molecule has 2 rings (SSSR count). The van der Waals surface area contributed by atoms with Crippen LogP contribution >= 0.6 is 24.4 Å². The maximum absolute atomic E-state index is 4.23. The first-order valence-corrected chi connectivity index (χ1v) is 4.94. The first-order valence-electron chi connectivity index (χ1n) is 3.26. The van der Waals surface area contributed by atoms with Crippen molar-refractivity contribution in [1.82, 2.24) is 19.8 Å². The Morgan fingerprint density at radius 3 is 3.00 bits per heavy atom. The van der Waals surface area contributed by atoms with E-state index in [4.69, 9.17) is 0 Å². The van der Waals surface area contributed by atoms with Crippen LogP contribution in [0, 0.1) is 0 Å². The molecule has 0 saturated carbocycles. The van der Waals surface area contributed by atoms with Crippen molar-refractivity contribution in [2.75, 3.05) is 6.26 Å². The fourth-order valence-corrected chi connectivity index (χ4v) is 1.43. The van der Waals surface area contributed by atoms with Gasteiger partial charge in [0, 0.05) is 0 Å². The van der Waals surface area contributed by atoms with Crippen LogP contribution in [0.25, 0.3) is 5.65 Å². The lowest BCUT2D eigenvalue weighted by Gasteiger charge is -1.95. The van der Waals surface area contributed by atoms with E-state index in [1.165, 1.54) is 0 Å². The third-order valence-corrected chi connectivity index (χ3v) is 2.35. The molecule has 0 aliphatic carbocycles.